The lowest BCUT2D eigenvalue weighted by Gasteiger charge is -2.28. The Morgan fingerprint density at radius 1 is 1.18 bits per heavy atom. The first-order valence-corrected chi connectivity index (χ1v) is 7.47. The molecule has 0 heterocycles. The van der Waals surface area contributed by atoms with Crippen molar-refractivity contribution in [3.63, 3.8) is 0 Å². The standard InChI is InChI=1S/C17H21NO4/c1-2-16(19)22-15-10-8-14(9-11-15)18-17(20)21-12-13-6-4-3-5-7-13/h2-7,14-15H,1,8-12H2,(H,18,20). The van der Waals surface area contributed by atoms with E-state index in [1.165, 1.54) is 6.08 Å². The second kappa shape index (κ2) is 8.22. The highest BCUT2D eigenvalue weighted by molar-refractivity contribution is 5.81. The summed E-state index contributed by atoms with van der Waals surface area (Å²) >= 11 is 0. The minimum atomic E-state index is -0.407. The number of amides is 1. The van der Waals surface area contributed by atoms with Gasteiger partial charge in [0, 0.05) is 12.1 Å². The smallest absolute Gasteiger partial charge is 0.407 e. The first-order chi connectivity index (χ1) is 10.7. The highest BCUT2D eigenvalue weighted by Crippen LogP contribution is 2.21. The molecular formula is C17H21NO4. The van der Waals surface area contributed by atoms with E-state index in [1.807, 2.05) is 30.3 Å². The number of rotatable bonds is 5. The maximum absolute atomic E-state index is 11.8. The Morgan fingerprint density at radius 2 is 1.86 bits per heavy atom. The van der Waals surface area contributed by atoms with Gasteiger partial charge >= 0.3 is 12.1 Å². The number of hydrogen-bond acceptors (Lipinski definition) is 4. The molecule has 1 fully saturated rings. The summed E-state index contributed by atoms with van der Waals surface area (Å²) in [6.45, 7) is 3.64. The molecule has 1 saturated carbocycles. The zero-order chi connectivity index (χ0) is 15.8. The molecule has 1 aromatic rings. The third-order valence-electron chi connectivity index (χ3n) is 3.66. The van der Waals surface area contributed by atoms with Crippen molar-refractivity contribution in [2.24, 2.45) is 0 Å². The third kappa shape index (κ3) is 5.24. The summed E-state index contributed by atoms with van der Waals surface area (Å²) in [5.41, 5.74) is 0.956. The first kappa shape index (κ1) is 16.1. The number of hydrogen-bond donors (Lipinski definition) is 1. The Kier molecular flexibility index (Phi) is 6.01. The van der Waals surface area contributed by atoms with Gasteiger partial charge in [0.1, 0.15) is 12.7 Å². The van der Waals surface area contributed by atoms with Crippen LogP contribution in [0.5, 0.6) is 0 Å². The van der Waals surface area contributed by atoms with Gasteiger partial charge in [0.05, 0.1) is 0 Å². The molecule has 0 unspecified atom stereocenters. The number of nitrogens with one attached hydrogen (secondary N) is 1. The van der Waals surface area contributed by atoms with Crippen LogP contribution in [0.2, 0.25) is 0 Å². The van der Waals surface area contributed by atoms with Crippen LogP contribution in [0.4, 0.5) is 4.79 Å². The van der Waals surface area contributed by atoms with Crippen LogP contribution in [-0.2, 0) is 20.9 Å². The average molecular weight is 303 g/mol. The molecule has 0 saturated heterocycles. The van der Waals surface area contributed by atoms with Crippen molar-refractivity contribution in [1.29, 1.82) is 0 Å². The fourth-order valence-electron chi connectivity index (χ4n) is 2.47. The Hall–Kier alpha value is -2.30. The maximum Gasteiger partial charge on any atom is 0.407 e. The lowest BCUT2D eigenvalue weighted by Crippen LogP contribution is -2.39. The molecule has 0 spiro atoms. The number of carbonyl (C=O) groups excluding carboxylic acids is 2. The van der Waals surface area contributed by atoms with E-state index in [0.717, 1.165) is 31.2 Å². The van der Waals surface area contributed by atoms with Gasteiger partial charge in [-0.15, -0.1) is 0 Å². The molecule has 5 heteroatoms. The van der Waals surface area contributed by atoms with Gasteiger partial charge in [-0.1, -0.05) is 36.9 Å². The van der Waals surface area contributed by atoms with Gasteiger partial charge < -0.3 is 14.8 Å². The summed E-state index contributed by atoms with van der Waals surface area (Å²) in [6.07, 6.45) is 3.71. The van der Waals surface area contributed by atoms with E-state index in [0.29, 0.717) is 0 Å². The summed E-state index contributed by atoms with van der Waals surface area (Å²) in [5, 5.41) is 2.86. The molecule has 0 radical (unpaired) electrons. The highest BCUT2D eigenvalue weighted by Gasteiger charge is 2.24. The largest absolute Gasteiger partial charge is 0.459 e. The second-order valence-electron chi connectivity index (χ2n) is 5.32. The summed E-state index contributed by atoms with van der Waals surface area (Å²) < 4.78 is 10.4. The number of ether oxygens (including phenoxy) is 2. The molecule has 1 aliphatic carbocycles. The molecule has 5 nitrogen and oxygen atoms in total. The average Bonchev–Trinajstić information content (AvgIpc) is 2.55. The van der Waals surface area contributed by atoms with Crippen LogP contribution in [0, 0.1) is 0 Å². The van der Waals surface area contributed by atoms with Gasteiger partial charge in [0.15, 0.2) is 0 Å². The molecule has 118 valence electrons. The fourth-order valence-corrected chi connectivity index (χ4v) is 2.47. The molecule has 1 N–H and O–H groups in total. The number of carbonyl (C=O) groups is 2. The van der Waals surface area contributed by atoms with E-state index in [4.69, 9.17) is 9.47 Å². The van der Waals surface area contributed by atoms with E-state index < -0.39 is 12.1 Å². The lowest BCUT2D eigenvalue weighted by atomic mass is 9.93. The van der Waals surface area contributed by atoms with Crippen molar-refractivity contribution in [3.8, 4) is 0 Å². The molecule has 0 bridgehead atoms. The van der Waals surface area contributed by atoms with Crippen molar-refractivity contribution < 1.29 is 19.1 Å². The molecule has 2 rings (SSSR count). The molecule has 0 aliphatic heterocycles. The van der Waals surface area contributed by atoms with Crippen molar-refractivity contribution in [3.05, 3.63) is 48.6 Å². The van der Waals surface area contributed by atoms with E-state index in [1.54, 1.807) is 0 Å². The topological polar surface area (TPSA) is 64.6 Å². The number of esters is 1. The van der Waals surface area contributed by atoms with Gasteiger partial charge in [0.25, 0.3) is 0 Å². The van der Waals surface area contributed by atoms with Gasteiger partial charge in [-0.2, -0.15) is 0 Å². The zero-order valence-corrected chi connectivity index (χ0v) is 12.5. The Morgan fingerprint density at radius 3 is 2.50 bits per heavy atom. The summed E-state index contributed by atoms with van der Waals surface area (Å²) in [6, 6.07) is 9.62. The van der Waals surface area contributed by atoms with E-state index in [2.05, 4.69) is 11.9 Å². The van der Waals surface area contributed by atoms with Crippen LogP contribution in [0.15, 0.2) is 43.0 Å². The van der Waals surface area contributed by atoms with E-state index in [-0.39, 0.29) is 18.8 Å². The summed E-state index contributed by atoms with van der Waals surface area (Å²) in [7, 11) is 0. The molecule has 1 aliphatic rings. The van der Waals surface area contributed by atoms with E-state index in [9.17, 15) is 9.59 Å². The van der Waals surface area contributed by atoms with Crippen LogP contribution in [0.3, 0.4) is 0 Å². The second-order valence-corrected chi connectivity index (χ2v) is 5.32. The Labute approximate surface area is 130 Å². The Balaban J connectivity index is 1.66. The molecule has 0 atom stereocenters. The van der Waals surface area contributed by atoms with Crippen molar-refractivity contribution >= 4 is 12.1 Å². The quantitative estimate of drug-likeness (QED) is 0.671. The molecule has 1 aromatic carbocycles. The zero-order valence-electron chi connectivity index (χ0n) is 12.5. The van der Waals surface area contributed by atoms with Crippen molar-refractivity contribution in [1.82, 2.24) is 5.32 Å². The van der Waals surface area contributed by atoms with Crippen LogP contribution >= 0.6 is 0 Å². The first-order valence-electron chi connectivity index (χ1n) is 7.47. The van der Waals surface area contributed by atoms with Crippen molar-refractivity contribution in [2.75, 3.05) is 0 Å². The van der Waals surface area contributed by atoms with E-state index >= 15 is 0 Å². The maximum atomic E-state index is 11.8. The minimum Gasteiger partial charge on any atom is -0.459 e. The SMILES string of the molecule is C=CC(=O)OC1CCC(NC(=O)OCc2ccccc2)CC1. The van der Waals surface area contributed by atoms with Gasteiger partial charge in [-0.05, 0) is 31.2 Å². The van der Waals surface area contributed by atoms with Gasteiger partial charge in [-0.3, -0.25) is 0 Å². The highest BCUT2D eigenvalue weighted by atomic mass is 16.5. The monoisotopic (exact) mass is 303 g/mol. The molecule has 22 heavy (non-hydrogen) atoms. The Bertz CT molecular complexity index is 507. The third-order valence-corrected chi connectivity index (χ3v) is 3.66. The normalized spacial score (nSPS) is 20.7. The van der Waals surface area contributed by atoms with Crippen LogP contribution < -0.4 is 5.32 Å². The fraction of sp³-hybridized carbons (Fsp3) is 0.412. The number of benzene rings is 1. The minimum absolute atomic E-state index is 0.0713. The lowest BCUT2D eigenvalue weighted by molar-refractivity contribution is -0.144. The van der Waals surface area contributed by atoms with Gasteiger partial charge in [-0.25, -0.2) is 9.59 Å². The molecule has 0 aromatic heterocycles. The predicted octanol–water partition coefficient (Wildman–Crippen LogP) is 2.95. The van der Waals surface area contributed by atoms with Crippen molar-refractivity contribution in [2.45, 2.75) is 44.4 Å². The van der Waals surface area contributed by atoms with Gasteiger partial charge in [0.2, 0.25) is 0 Å². The summed E-state index contributed by atoms with van der Waals surface area (Å²) in [5.74, 6) is -0.390. The van der Waals surface area contributed by atoms with Crippen LogP contribution in [-0.4, -0.2) is 24.2 Å². The van der Waals surface area contributed by atoms with Crippen LogP contribution in [0.1, 0.15) is 31.2 Å². The molecule has 1 amide bonds. The van der Waals surface area contributed by atoms with Crippen LogP contribution in [0.25, 0.3) is 0 Å². The predicted molar refractivity (Wildman–Crippen MR) is 82.1 cm³/mol. The number of alkyl carbamates (subject to hydrolysis) is 1. The summed E-state index contributed by atoms with van der Waals surface area (Å²) in [4.78, 5) is 22.9. The molecular weight excluding hydrogens is 282 g/mol.